The molecule has 1 N–H and O–H groups in total. The fourth-order valence-corrected chi connectivity index (χ4v) is 4.45. The van der Waals surface area contributed by atoms with Crippen LogP contribution in [0.5, 0.6) is 0 Å². The highest BCUT2D eigenvalue weighted by Gasteiger charge is 2.40. The van der Waals surface area contributed by atoms with Gasteiger partial charge in [-0.15, -0.1) is 0 Å². The number of carbonyl (C=O) groups excluding carboxylic acids is 2. The Labute approximate surface area is 164 Å². The lowest BCUT2D eigenvalue weighted by molar-refractivity contribution is -0.140. The SMILES string of the molecule is Cc1ncc(C(=O)N2CC[C@@H]3[C@@H](CCC(=O)N3CCc3cnc[nH]3)C2)c(C)n1. The Morgan fingerprint density at radius 1 is 1.29 bits per heavy atom. The van der Waals surface area contributed by atoms with Crippen LogP contribution in [0.15, 0.2) is 18.7 Å². The van der Waals surface area contributed by atoms with Crippen molar-refractivity contribution in [2.45, 2.75) is 45.6 Å². The van der Waals surface area contributed by atoms with Crippen LogP contribution in [0.1, 0.15) is 46.8 Å². The number of piperidine rings is 2. The van der Waals surface area contributed by atoms with Crippen molar-refractivity contribution in [1.29, 1.82) is 0 Å². The molecule has 2 aromatic heterocycles. The van der Waals surface area contributed by atoms with Gasteiger partial charge < -0.3 is 14.8 Å². The maximum absolute atomic E-state index is 13.0. The molecular formula is C20H26N6O2. The van der Waals surface area contributed by atoms with Crippen molar-refractivity contribution in [2.75, 3.05) is 19.6 Å². The quantitative estimate of drug-likeness (QED) is 0.865. The third-order valence-corrected chi connectivity index (χ3v) is 5.94. The van der Waals surface area contributed by atoms with Gasteiger partial charge in [0, 0.05) is 56.6 Å². The van der Waals surface area contributed by atoms with Gasteiger partial charge in [-0.25, -0.2) is 15.0 Å². The summed E-state index contributed by atoms with van der Waals surface area (Å²) in [4.78, 5) is 45.1. The normalized spacial score (nSPS) is 22.3. The zero-order valence-corrected chi connectivity index (χ0v) is 16.4. The minimum Gasteiger partial charge on any atom is -0.348 e. The topological polar surface area (TPSA) is 95.1 Å². The highest BCUT2D eigenvalue weighted by atomic mass is 16.2. The first-order valence-electron chi connectivity index (χ1n) is 9.89. The van der Waals surface area contributed by atoms with Crippen LogP contribution in [-0.2, 0) is 11.2 Å². The molecule has 2 atom stereocenters. The lowest BCUT2D eigenvalue weighted by atomic mass is 9.83. The molecule has 4 heterocycles. The average Bonchev–Trinajstić information content (AvgIpc) is 3.20. The van der Waals surface area contributed by atoms with Gasteiger partial charge in [0.2, 0.25) is 5.91 Å². The van der Waals surface area contributed by atoms with E-state index in [2.05, 4.69) is 19.9 Å². The van der Waals surface area contributed by atoms with Crippen molar-refractivity contribution < 1.29 is 9.59 Å². The molecule has 2 aromatic rings. The maximum atomic E-state index is 13.0. The van der Waals surface area contributed by atoms with E-state index in [1.165, 1.54) is 0 Å². The van der Waals surface area contributed by atoms with Gasteiger partial charge >= 0.3 is 0 Å². The molecule has 0 unspecified atom stereocenters. The average molecular weight is 382 g/mol. The van der Waals surface area contributed by atoms with Crippen LogP contribution in [0.25, 0.3) is 0 Å². The second-order valence-electron chi connectivity index (χ2n) is 7.74. The van der Waals surface area contributed by atoms with Crippen LogP contribution in [0.2, 0.25) is 0 Å². The number of imidazole rings is 1. The summed E-state index contributed by atoms with van der Waals surface area (Å²) in [6, 6.07) is 0.212. The van der Waals surface area contributed by atoms with Crippen LogP contribution in [0, 0.1) is 19.8 Å². The van der Waals surface area contributed by atoms with Crippen molar-refractivity contribution in [3.05, 3.63) is 41.5 Å². The Kier molecular flexibility index (Phi) is 5.11. The molecular weight excluding hydrogens is 356 g/mol. The molecule has 0 bridgehead atoms. The van der Waals surface area contributed by atoms with Crippen molar-refractivity contribution in [2.24, 2.45) is 5.92 Å². The Hall–Kier alpha value is -2.77. The van der Waals surface area contributed by atoms with Gasteiger partial charge in [-0.1, -0.05) is 0 Å². The van der Waals surface area contributed by atoms with E-state index in [4.69, 9.17) is 0 Å². The molecule has 0 radical (unpaired) electrons. The molecule has 0 aliphatic carbocycles. The number of nitrogens with one attached hydrogen (secondary N) is 1. The minimum atomic E-state index is -0.00291. The Morgan fingerprint density at radius 3 is 2.89 bits per heavy atom. The first-order valence-corrected chi connectivity index (χ1v) is 9.89. The van der Waals surface area contributed by atoms with Crippen molar-refractivity contribution >= 4 is 11.8 Å². The van der Waals surface area contributed by atoms with Crippen LogP contribution >= 0.6 is 0 Å². The number of aromatic nitrogens is 4. The summed E-state index contributed by atoms with van der Waals surface area (Å²) in [7, 11) is 0. The van der Waals surface area contributed by atoms with E-state index in [1.54, 1.807) is 18.7 Å². The van der Waals surface area contributed by atoms with E-state index in [0.29, 0.717) is 43.4 Å². The van der Waals surface area contributed by atoms with Crippen molar-refractivity contribution in [3.8, 4) is 0 Å². The molecule has 2 saturated heterocycles. The van der Waals surface area contributed by atoms with Gasteiger partial charge in [-0.3, -0.25) is 9.59 Å². The van der Waals surface area contributed by atoms with Gasteiger partial charge in [0.25, 0.3) is 5.91 Å². The van der Waals surface area contributed by atoms with E-state index < -0.39 is 0 Å². The summed E-state index contributed by atoms with van der Waals surface area (Å²) in [6.07, 6.45) is 8.09. The van der Waals surface area contributed by atoms with Crippen LogP contribution < -0.4 is 0 Å². The number of aryl methyl sites for hydroxylation is 2. The van der Waals surface area contributed by atoms with E-state index in [0.717, 1.165) is 30.7 Å². The number of likely N-dealkylation sites (tertiary alicyclic amines) is 2. The largest absolute Gasteiger partial charge is 0.348 e. The number of hydrogen-bond acceptors (Lipinski definition) is 5. The van der Waals surface area contributed by atoms with E-state index >= 15 is 0 Å². The van der Waals surface area contributed by atoms with E-state index in [-0.39, 0.29) is 17.9 Å². The summed E-state index contributed by atoms with van der Waals surface area (Å²) >= 11 is 0. The summed E-state index contributed by atoms with van der Waals surface area (Å²) in [5, 5.41) is 0. The highest BCUT2D eigenvalue weighted by Crippen LogP contribution is 2.32. The zero-order chi connectivity index (χ0) is 19.7. The zero-order valence-electron chi connectivity index (χ0n) is 16.4. The molecule has 2 aliphatic heterocycles. The van der Waals surface area contributed by atoms with Gasteiger partial charge in [-0.2, -0.15) is 0 Å². The third-order valence-electron chi connectivity index (χ3n) is 5.94. The Morgan fingerprint density at radius 2 is 2.14 bits per heavy atom. The second kappa shape index (κ2) is 7.69. The number of carbonyl (C=O) groups is 2. The first kappa shape index (κ1) is 18.6. The van der Waals surface area contributed by atoms with Crippen LogP contribution in [-0.4, -0.2) is 67.2 Å². The number of hydrogen-bond donors (Lipinski definition) is 1. The Bertz CT molecular complexity index is 866. The molecule has 0 saturated carbocycles. The smallest absolute Gasteiger partial charge is 0.257 e. The van der Waals surface area contributed by atoms with Gasteiger partial charge in [0.05, 0.1) is 17.6 Å². The lowest BCUT2D eigenvalue weighted by Crippen LogP contribution is -2.57. The molecule has 2 aliphatic rings. The molecule has 8 heteroatoms. The summed E-state index contributed by atoms with van der Waals surface area (Å²) in [5.41, 5.74) is 2.34. The fraction of sp³-hybridized carbons (Fsp3) is 0.550. The molecule has 4 rings (SSSR count). The van der Waals surface area contributed by atoms with Gasteiger partial charge in [-0.05, 0) is 32.6 Å². The number of H-pyrrole nitrogens is 1. The number of nitrogens with zero attached hydrogens (tertiary/aromatic N) is 5. The van der Waals surface area contributed by atoms with Crippen LogP contribution in [0.4, 0.5) is 0 Å². The Balaban J connectivity index is 1.43. The summed E-state index contributed by atoms with van der Waals surface area (Å²) in [5.74, 6) is 1.22. The minimum absolute atomic E-state index is 0.00291. The van der Waals surface area contributed by atoms with Crippen molar-refractivity contribution in [1.82, 2.24) is 29.7 Å². The monoisotopic (exact) mass is 382 g/mol. The molecule has 2 fully saturated rings. The predicted octanol–water partition coefficient (Wildman–Crippen LogP) is 1.51. The van der Waals surface area contributed by atoms with Gasteiger partial charge in [0.1, 0.15) is 5.82 Å². The summed E-state index contributed by atoms with van der Waals surface area (Å²) < 4.78 is 0. The number of aromatic amines is 1. The van der Waals surface area contributed by atoms with E-state index in [1.807, 2.05) is 23.6 Å². The summed E-state index contributed by atoms with van der Waals surface area (Å²) in [6.45, 7) is 5.71. The third kappa shape index (κ3) is 3.63. The maximum Gasteiger partial charge on any atom is 0.257 e. The number of amides is 2. The molecule has 8 nitrogen and oxygen atoms in total. The lowest BCUT2D eigenvalue weighted by Gasteiger charge is -2.47. The molecule has 0 spiro atoms. The highest BCUT2D eigenvalue weighted by molar-refractivity contribution is 5.95. The molecule has 2 amide bonds. The fourth-order valence-electron chi connectivity index (χ4n) is 4.45. The van der Waals surface area contributed by atoms with E-state index in [9.17, 15) is 9.59 Å². The predicted molar refractivity (Wildman–Crippen MR) is 103 cm³/mol. The number of fused-ring (bicyclic) bond motifs is 1. The standard InChI is InChI=1S/C20H26N6O2/c1-13-17(10-22-14(2)24-13)20(28)25-7-6-18-15(11-25)3-4-19(27)26(18)8-5-16-9-21-12-23-16/h9-10,12,15,18H,3-8,11H2,1-2H3,(H,21,23)/t15-,18+/m0/s1. The second-order valence-corrected chi connectivity index (χ2v) is 7.74. The van der Waals surface area contributed by atoms with Gasteiger partial charge in [0.15, 0.2) is 0 Å². The molecule has 148 valence electrons. The van der Waals surface area contributed by atoms with Crippen LogP contribution in [0.3, 0.4) is 0 Å². The van der Waals surface area contributed by atoms with Crippen molar-refractivity contribution in [3.63, 3.8) is 0 Å². The molecule has 28 heavy (non-hydrogen) atoms. The number of rotatable bonds is 4. The molecule has 0 aromatic carbocycles. The first-order chi connectivity index (χ1) is 13.5.